The maximum atomic E-state index is 11.0. The molecule has 0 spiro atoms. The van der Waals surface area contributed by atoms with E-state index >= 15 is 0 Å². The Balaban J connectivity index is 4.12. The first-order valence-electron chi connectivity index (χ1n) is 3.60. The summed E-state index contributed by atoms with van der Waals surface area (Å²) in [5.74, 6) is 0.528. The molecule has 0 aromatic carbocycles. The summed E-state index contributed by atoms with van der Waals surface area (Å²) >= 11 is 1.09. The Morgan fingerprint density at radius 2 is 2.00 bits per heavy atom. The molecule has 0 saturated carbocycles. The van der Waals surface area contributed by atoms with Crippen molar-refractivity contribution in [1.82, 2.24) is 5.32 Å². The topological polar surface area (TPSA) is 29.1 Å². The molecule has 0 unspecified atom stereocenters. The van der Waals surface area contributed by atoms with E-state index < -0.39 is 0 Å². The number of hydrogen-bond donors (Lipinski definition) is 1. The fourth-order valence-electron chi connectivity index (χ4n) is 0.917. The molecule has 2 nitrogen and oxygen atoms in total. The third-order valence-electron chi connectivity index (χ3n) is 1.43. The van der Waals surface area contributed by atoms with Crippen LogP contribution in [0.25, 0.3) is 0 Å². The number of ketones is 1. The molecule has 1 N–H and O–H groups in total. The zero-order valence-electron chi connectivity index (χ0n) is 7.22. The van der Waals surface area contributed by atoms with E-state index in [1.807, 2.05) is 13.8 Å². The van der Waals surface area contributed by atoms with E-state index in [2.05, 4.69) is 11.9 Å². The summed E-state index contributed by atoms with van der Waals surface area (Å²) < 4.78 is 0.957. The maximum absolute atomic E-state index is 11.0. The van der Waals surface area contributed by atoms with Crippen molar-refractivity contribution < 1.29 is 4.79 Å². The normalized spacial score (nSPS) is 12.8. The SMILES string of the molecule is C=[C]([PoH])N[C@H](C(C)=O)C(C)C. The van der Waals surface area contributed by atoms with Crippen LogP contribution in [0.4, 0.5) is 0 Å². The molecule has 0 aromatic heterocycles. The Kier molecular flexibility index (Phi) is 4.93. The third kappa shape index (κ3) is 4.53. The fourth-order valence-corrected chi connectivity index (χ4v) is 1.46. The summed E-state index contributed by atoms with van der Waals surface area (Å²) in [4.78, 5) is 11.0. The van der Waals surface area contributed by atoms with Crippen molar-refractivity contribution in [3.8, 4) is 0 Å². The molecule has 3 heteroatoms. The van der Waals surface area contributed by atoms with Gasteiger partial charge in [-0.05, 0) is 0 Å². The molecule has 64 valence electrons. The van der Waals surface area contributed by atoms with Crippen LogP contribution < -0.4 is 5.32 Å². The van der Waals surface area contributed by atoms with Gasteiger partial charge < -0.3 is 0 Å². The van der Waals surface area contributed by atoms with E-state index in [1.54, 1.807) is 6.92 Å². The van der Waals surface area contributed by atoms with Gasteiger partial charge in [0.2, 0.25) is 0 Å². The van der Waals surface area contributed by atoms with Crippen molar-refractivity contribution in [3.63, 3.8) is 0 Å². The molecule has 0 aromatic rings. The van der Waals surface area contributed by atoms with Gasteiger partial charge in [0.05, 0.1) is 0 Å². The summed E-state index contributed by atoms with van der Waals surface area (Å²) in [6.07, 6.45) is 0. The number of hydrogen-bond acceptors (Lipinski definition) is 2. The van der Waals surface area contributed by atoms with Crippen molar-refractivity contribution >= 4 is 30.8 Å². The van der Waals surface area contributed by atoms with Crippen LogP contribution >= 0.6 is 0 Å². The van der Waals surface area contributed by atoms with Crippen LogP contribution in [0.5, 0.6) is 0 Å². The van der Waals surface area contributed by atoms with E-state index in [0.717, 1.165) is 28.4 Å². The number of carbonyl (C=O) groups is 1. The van der Waals surface area contributed by atoms with E-state index in [1.165, 1.54) is 0 Å². The predicted octanol–water partition coefficient (Wildman–Crippen LogP) is 0.562. The van der Waals surface area contributed by atoms with E-state index in [0.29, 0.717) is 5.92 Å². The van der Waals surface area contributed by atoms with Gasteiger partial charge in [-0.1, -0.05) is 0 Å². The Labute approximate surface area is 83.6 Å². The van der Waals surface area contributed by atoms with Crippen molar-refractivity contribution in [2.75, 3.05) is 0 Å². The predicted molar refractivity (Wildman–Crippen MR) is 48.7 cm³/mol. The van der Waals surface area contributed by atoms with E-state index in [-0.39, 0.29) is 11.8 Å². The molecule has 0 aliphatic carbocycles. The summed E-state index contributed by atoms with van der Waals surface area (Å²) in [6.45, 7) is 9.41. The Morgan fingerprint density at radius 3 is 2.09 bits per heavy atom. The molecule has 0 aliphatic rings. The quantitative estimate of drug-likeness (QED) is 0.803. The van der Waals surface area contributed by atoms with Crippen LogP contribution in [0.15, 0.2) is 9.93 Å². The molecule has 0 aliphatic heterocycles. The van der Waals surface area contributed by atoms with Crippen LogP contribution in [-0.4, -0.2) is 36.9 Å². The molecule has 0 saturated heterocycles. The van der Waals surface area contributed by atoms with Gasteiger partial charge in [-0.3, -0.25) is 0 Å². The van der Waals surface area contributed by atoms with Crippen molar-refractivity contribution in [3.05, 3.63) is 9.93 Å². The van der Waals surface area contributed by atoms with Crippen molar-refractivity contribution in [1.29, 1.82) is 0 Å². The van der Waals surface area contributed by atoms with Gasteiger partial charge in [0.15, 0.2) is 0 Å². The average molecular weight is 350 g/mol. The number of carbonyl (C=O) groups excluding carboxylic acids is 1. The molecular formula is C8H15NOPo. The van der Waals surface area contributed by atoms with Gasteiger partial charge in [0.1, 0.15) is 0 Å². The monoisotopic (exact) mass is 350 g/mol. The molecule has 11 heavy (non-hydrogen) atoms. The van der Waals surface area contributed by atoms with Gasteiger partial charge in [-0.2, -0.15) is 0 Å². The first-order valence-corrected chi connectivity index (χ1v) is 5.34. The summed E-state index contributed by atoms with van der Waals surface area (Å²) in [5.41, 5.74) is 0. The van der Waals surface area contributed by atoms with Crippen molar-refractivity contribution in [2.24, 2.45) is 5.92 Å². The van der Waals surface area contributed by atoms with Gasteiger partial charge >= 0.3 is 83.6 Å². The summed E-state index contributed by atoms with van der Waals surface area (Å²) in [6, 6.07) is -0.0486. The third-order valence-corrected chi connectivity index (χ3v) is 1.93. The average Bonchev–Trinajstić information content (AvgIpc) is 1.81. The Bertz CT molecular complexity index is 165. The minimum atomic E-state index is -0.0486. The molecule has 0 bridgehead atoms. The zero-order valence-corrected chi connectivity index (χ0v) is 10.7. The molecule has 0 fully saturated rings. The van der Waals surface area contributed by atoms with E-state index in [4.69, 9.17) is 0 Å². The molecule has 0 rings (SSSR count). The van der Waals surface area contributed by atoms with Crippen LogP contribution in [0.3, 0.4) is 0 Å². The Morgan fingerprint density at radius 1 is 1.55 bits per heavy atom. The summed E-state index contributed by atoms with van der Waals surface area (Å²) in [7, 11) is 0. The first kappa shape index (κ1) is 11.1. The van der Waals surface area contributed by atoms with Gasteiger partial charge in [0, 0.05) is 0 Å². The second kappa shape index (κ2) is 4.88. The second-order valence-corrected chi connectivity index (χ2v) is 5.02. The first-order chi connectivity index (χ1) is 4.95. The second-order valence-electron chi connectivity index (χ2n) is 2.92. The number of Topliss-reactive ketones (excluding diaryl/α,β-unsaturated/α-hetero) is 1. The van der Waals surface area contributed by atoms with E-state index in [9.17, 15) is 4.79 Å². The molecule has 0 radical (unpaired) electrons. The fraction of sp³-hybridized carbons (Fsp3) is 0.625. The molecular weight excluding hydrogens is 335 g/mol. The number of rotatable bonds is 4. The van der Waals surface area contributed by atoms with Crippen molar-refractivity contribution in [2.45, 2.75) is 26.8 Å². The van der Waals surface area contributed by atoms with Gasteiger partial charge in [-0.25, -0.2) is 0 Å². The van der Waals surface area contributed by atoms with Crippen LogP contribution in [0.2, 0.25) is 0 Å². The van der Waals surface area contributed by atoms with Crippen LogP contribution in [0, 0.1) is 5.92 Å². The van der Waals surface area contributed by atoms with Gasteiger partial charge in [-0.15, -0.1) is 0 Å². The summed E-state index contributed by atoms with van der Waals surface area (Å²) in [5, 5.41) is 3.08. The molecule has 0 amide bonds. The number of nitrogens with one attached hydrogen (secondary N) is 1. The van der Waals surface area contributed by atoms with Crippen LogP contribution in [-0.2, 0) is 4.79 Å². The van der Waals surface area contributed by atoms with Crippen LogP contribution in [0.1, 0.15) is 20.8 Å². The Hall–Kier alpha value is 0.106. The molecule has 1 atom stereocenters. The zero-order chi connectivity index (χ0) is 9.02. The van der Waals surface area contributed by atoms with Gasteiger partial charge in [0.25, 0.3) is 0 Å². The standard InChI is InChI=1S/C8H14NO.Po.H/c1-5-9-8(6(2)3)7(4)10;;/h6,8-9H,1H2,2-4H3;;/t8-;;/m0../s1. The molecule has 0 heterocycles. The minimum absolute atomic E-state index is 0.0486.